The van der Waals surface area contributed by atoms with Crippen molar-refractivity contribution in [2.45, 2.75) is 19.0 Å². The molecular weight excluding hydrogens is 214 g/mol. The monoisotopic (exact) mass is 233 g/mol. The highest BCUT2D eigenvalue weighted by molar-refractivity contribution is 6.02. The number of hydrogen-bond donors (Lipinski definition) is 2. The molecule has 1 aromatic carbocycles. The van der Waals surface area contributed by atoms with Crippen LogP contribution in [0.4, 0.5) is 5.69 Å². The Morgan fingerprint density at radius 3 is 2.82 bits per heavy atom. The van der Waals surface area contributed by atoms with Crippen LogP contribution in [0.2, 0.25) is 0 Å². The number of carbonyl (C=O) groups is 1. The topological polar surface area (TPSA) is 44.4 Å². The fraction of sp³-hybridized carbons (Fsp3) is 0.462. The van der Waals surface area contributed by atoms with Crippen LogP contribution >= 0.6 is 0 Å². The summed E-state index contributed by atoms with van der Waals surface area (Å²) < 4.78 is 0. The second kappa shape index (κ2) is 4.85. The number of benzene rings is 1. The van der Waals surface area contributed by atoms with Crippen LogP contribution in [-0.2, 0) is 4.79 Å². The zero-order valence-corrected chi connectivity index (χ0v) is 10.5. The fourth-order valence-corrected chi connectivity index (χ4v) is 1.88. The lowest BCUT2D eigenvalue weighted by atomic mass is 10.1. The summed E-state index contributed by atoms with van der Waals surface area (Å²) >= 11 is 0. The van der Waals surface area contributed by atoms with Gasteiger partial charge in [-0.2, -0.15) is 0 Å². The van der Waals surface area contributed by atoms with E-state index in [0.717, 1.165) is 17.8 Å². The Hall–Kier alpha value is -1.39. The molecule has 4 heteroatoms. The van der Waals surface area contributed by atoms with Crippen LogP contribution in [0, 0.1) is 0 Å². The standard InChI is InChI=1S/C13H19N3O/c1-9(16(2)3)8-14-12-10-6-4-5-7-11(10)15-13(12)17/h4-7,9,12,14H,8H2,1-3H3,(H,15,17). The van der Waals surface area contributed by atoms with Gasteiger partial charge in [-0.15, -0.1) is 0 Å². The molecule has 17 heavy (non-hydrogen) atoms. The first-order chi connectivity index (χ1) is 8.09. The number of para-hydroxylation sites is 1. The molecule has 0 saturated heterocycles. The zero-order valence-electron chi connectivity index (χ0n) is 10.5. The maximum atomic E-state index is 11.8. The number of amides is 1. The van der Waals surface area contributed by atoms with Gasteiger partial charge in [-0.05, 0) is 27.1 Å². The number of anilines is 1. The number of nitrogens with one attached hydrogen (secondary N) is 2. The van der Waals surface area contributed by atoms with Gasteiger partial charge in [-0.3, -0.25) is 4.79 Å². The van der Waals surface area contributed by atoms with E-state index in [1.807, 2.05) is 38.4 Å². The highest BCUT2D eigenvalue weighted by atomic mass is 16.2. The fourth-order valence-electron chi connectivity index (χ4n) is 1.88. The molecule has 0 bridgehead atoms. The van der Waals surface area contributed by atoms with E-state index >= 15 is 0 Å². The highest BCUT2D eigenvalue weighted by Gasteiger charge is 2.29. The van der Waals surface area contributed by atoms with Gasteiger partial charge in [0, 0.05) is 23.8 Å². The summed E-state index contributed by atoms with van der Waals surface area (Å²) in [6.45, 7) is 2.92. The molecule has 2 N–H and O–H groups in total. The highest BCUT2D eigenvalue weighted by Crippen LogP contribution is 2.29. The molecule has 0 spiro atoms. The molecule has 0 radical (unpaired) electrons. The Morgan fingerprint density at radius 1 is 1.41 bits per heavy atom. The van der Waals surface area contributed by atoms with Gasteiger partial charge >= 0.3 is 0 Å². The molecule has 2 rings (SSSR count). The molecule has 0 fully saturated rings. The first-order valence-corrected chi connectivity index (χ1v) is 5.89. The van der Waals surface area contributed by atoms with Crippen molar-refractivity contribution in [1.29, 1.82) is 0 Å². The molecule has 2 atom stereocenters. The first-order valence-electron chi connectivity index (χ1n) is 5.89. The van der Waals surface area contributed by atoms with Gasteiger partial charge in [0.25, 0.3) is 0 Å². The molecular formula is C13H19N3O. The number of carbonyl (C=O) groups excluding carboxylic acids is 1. The maximum Gasteiger partial charge on any atom is 0.246 e. The zero-order chi connectivity index (χ0) is 12.4. The van der Waals surface area contributed by atoms with Gasteiger partial charge in [0.2, 0.25) is 5.91 Å². The van der Waals surface area contributed by atoms with Crippen molar-refractivity contribution in [3.63, 3.8) is 0 Å². The Balaban J connectivity index is 2.04. The smallest absolute Gasteiger partial charge is 0.246 e. The third-order valence-corrected chi connectivity index (χ3v) is 3.29. The minimum atomic E-state index is -0.214. The van der Waals surface area contributed by atoms with Gasteiger partial charge in [0.1, 0.15) is 6.04 Å². The molecule has 92 valence electrons. The summed E-state index contributed by atoms with van der Waals surface area (Å²) in [7, 11) is 4.07. The molecule has 1 aromatic rings. The van der Waals surface area contributed by atoms with E-state index < -0.39 is 0 Å². The van der Waals surface area contributed by atoms with E-state index in [1.165, 1.54) is 0 Å². The first kappa shape index (κ1) is 12.1. The summed E-state index contributed by atoms with van der Waals surface area (Å²) in [6, 6.07) is 8.01. The van der Waals surface area contributed by atoms with Crippen LogP contribution in [0.25, 0.3) is 0 Å². The van der Waals surface area contributed by atoms with Crippen molar-refractivity contribution in [3.8, 4) is 0 Å². The normalized spacial score (nSPS) is 20.2. The Morgan fingerprint density at radius 2 is 2.12 bits per heavy atom. The third-order valence-electron chi connectivity index (χ3n) is 3.29. The van der Waals surface area contributed by atoms with Crippen LogP contribution < -0.4 is 10.6 Å². The average Bonchev–Trinajstić information content (AvgIpc) is 2.61. The quantitative estimate of drug-likeness (QED) is 0.822. The number of hydrogen-bond acceptors (Lipinski definition) is 3. The van der Waals surface area contributed by atoms with Crippen LogP contribution in [0.5, 0.6) is 0 Å². The van der Waals surface area contributed by atoms with Gasteiger partial charge in [0.15, 0.2) is 0 Å². The van der Waals surface area contributed by atoms with Crippen molar-refractivity contribution in [3.05, 3.63) is 29.8 Å². The van der Waals surface area contributed by atoms with Crippen LogP contribution in [0.3, 0.4) is 0 Å². The summed E-state index contributed by atoms with van der Waals surface area (Å²) in [5, 5.41) is 6.20. The van der Waals surface area contributed by atoms with Crippen LogP contribution in [0.1, 0.15) is 18.5 Å². The number of nitrogens with zero attached hydrogens (tertiary/aromatic N) is 1. The van der Waals surface area contributed by atoms with Crippen LogP contribution in [-0.4, -0.2) is 37.5 Å². The van der Waals surface area contributed by atoms with Gasteiger partial charge in [-0.25, -0.2) is 0 Å². The van der Waals surface area contributed by atoms with Crippen molar-refractivity contribution in [2.75, 3.05) is 26.0 Å². The van der Waals surface area contributed by atoms with Gasteiger partial charge in [-0.1, -0.05) is 18.2 Å². The van der Waals surface area contributed by atoms with Crippen molar-refractivity contribution >= 4 is 11.6 Å². The molecule has 1 aliphatic heterocycles. The molecule has 0 aromatic heterocycles. The Bertz CT molecular complexity index is 417. The van der Waals surface area contributed by atoms with Gasteiger partial charge in [0.05, 0.1) is 0 Å². The largest absolute Gasteiger partial charge is 0.324 e. The van der Waals surface area contributed by atoms with E-state index in [1.54, 1.807) is 0 Å². The summed E-state index contributed by atoms with van der Waals surface area (Å²) in [4.78, 5) is 14.0. The molecule has 0 aliphatic carbocycles. The van der Waals surface area contributed by atoms with Crippen molar-refractivity contribution < 1.29 is 4.79 Å². The summed E-state index contributed by atoms with van der Waals surface area (Å²) in [5.41, 5.74) is 1.97. The van der Waals surface area contributed by atoms with Gasteiger partial charge < -0.3 is 15.5 Å². The summed E-state index contributed by atoms with van der Waals surface area (Å²) in [6.07, 6.45) is 0. The second-order valence-corrected chi connectivity index (χ2v) is 4.73. The minimum Gasteiger partial charge on any atom is -0.324 e. The lowest BCUT2D eigenvalue weighted by Crippen LogP contribution is -2.38. The maximum absolute atomic E-state index is 11.8. The predicted octanol–water partition coefficient (Wildman–Crippen LogP) is 1.22. The number of rotatable bonds is 4. The molecule has 1 amide bonds. The molecule has 1 heterocycles. The predicted molar refractivity (Wildman–Crippen MR) is 69.0 cm³/mol. The molecule has 2 unspecified atom stereocenters. The molecule has 4 nitrogen and oxygen atoms in total. The van der Waals surface area contributed by atoms with E-state index in [4.69, 9.17) is 0 Å². The summed E-state index contributed by atoms with van der Waals surface area (Å²) in [5.74, 6) is 0.0390. The van der Waals surface area contributed by atoms with E-state index in [9.17, 15) is 4.79 Å². The Kier molecular flexibility index (Phi) is 3.45. The van der Waals surface area contributed by atoms with Crippen molar-refractivity contribution in [1.82, 2.24) is 10.2 Å². The lowest BCUT2D eigenvalue weighted by Gasteiger charge is -2.22. The second-order valence-electron chi connectivity index (χ2n) is 4.73. The molecule has 0 saturated carbocycles. The SMILES string of the molecule is CC(CNC1C(=O)Nc2ccccc21)N(C)C. The average molecular weight is 233 g/mol. The number of fused-ring (bicyclic) bond motifs is 1. The van der Waals surface area contributed by atoms with E-state index in [-0.39, 0.29) is 11.9 Å². The van der Waals surface area contributed by atoms with Crippen molar-refractivity contribution in [2.24, 2.45) is 0 Å². The van der Waals surface area contributed by atoms with E-state index in [0.29, 0.717) is 6.04 Å². The number of likely N-dealkylation sites (N-methyl/N-ethyl adjacent to an activating group) is 1. The van der Waals surface area contributed by atoms with E-state index in [2.05, 4.69) is 22.5 Å². The third kappa shape index (κ3) is 2.48. The lowest BCUT2D eigenvalue weighted by molar-refractivity contribution is -0.117. The van der Waals surface area contributed by atoms with Crippen LogP contribution in [0.15, 0.2) is 24.3 Å². The minimum absolute atomic E-state index is 0.0390. The Labute approximate surface area is 102 Å². The molecule has 1 aliphatic rings.